The number of nitrogens with one attached hydrogen (secondary N) is 2. The molecule has 1 aliphatic carbocycles. The van der Waals surface area contributed by atoms with Gasteiger partial charge in [-0.3, -0.25) is 14.4 Å². The molecule has 1 saturated heterocycles. The number of rotatable bonds is 10. The highest BCUT2D eigenvalue weighted by atomic mass is 16.5. The smallest absolute Gasteiger partial charge is 0.407 e. The number of ether oxygens (including phenoxy) is 2. The molecule has 218 valence electrons. The first-order valence-corrected chi connectivity index (χ1v) is 14.0. The predicted molar refractivity (Wildman–Crippen MR) is 155 cm³/mol. The SMILES string of the molecule is C=CCNC(=O)C[C@@H](NC(=O)OCC1c2ccccc2-c2ccccc21)C(=O)N1C[C@@H](OC(C)(C)C)C[C@H]1C(C)=O. The molecular formula is C32H39N3O6. The topological polar surface area (TPSA) is 114 Å². The van der Waals surface area contributed by atoms with Crippen molar-refractivity contribution in [2.45, 2.75) is 70.2 Å². The molecule has 3 atom stereocenters. The van der Waals surface area contributed by atoms with Gasteiger partial charge >= 0.3 is 6.09 Å². The number of likely N-dealkylation sites (tertiary alicyclic amines) is 1. The number of amides is 3. The first-order chi connectivity index (χ1) is 19.5. The quantitative estimate of drug-likeness (QED) is 0.425. The molecule has 1 heterocycles. The average molecular weight is 562 g/mol. The van der Waals surface area contributed by atoms with Crippen molar-refractivity contribution in [3.05, 3.63) is 72.3 Å². The lowest BCUT2D eigenvalue weighted by Gasteiger charge is -2.28. The van der Waals surface area contributed by atoms with Crippen molar-refractivity contribution in [2.75, 3.05) is 19.7 Å². The zero-order valence-corrected chi connectivity index (χ0v) is 24.1. The van der Waals surface area contributed by atoms with Crippen molar-refractivity contribution in [2.24, 2.45) is 0 Å². The van der Waals surface area contributed by atoms with E-state index in [4.69, 9.17) is 9.47 Å². The Labute approximate surface area is 241 Å². The molecule has 9 heteroatoms. The second-order valence-corrected chi connectivity index (χ2v) is 11.5. The number of hydrogen-bond donors (Lipinski definition) is 2. The lowest BCUT2D eigenvalue weighted by Crippen LogP contribution is -2.53. The van der Waals surface area contributed by atoms with E-state index in [0.29, 0.717) is 6.42 Å². The number of nitrogens with zero attached hydrogens (tertiary/aromatic N) is 1. The van der Waals surface area contributed by atoms with Crippen molar-refractivity contribution >= 4 is 23.7 Å². The van der Waals surface area contributed by atoms with Crippen LogP contribution in [0.1, 0.15) is 57.6 Å². The molecule has 2 aromatic rings. The number of fused-ring (bicyclic) bond motifs is 3. The molecule has 2 aliphatic rings. The van der Waals surface area contributed by atoms with Crippen LogP contribution in [0.15, 0.2) is 61.2 Å². The highest BCUT2D eigenvalue weighted by Gasteiger charge is 2.43. The lowest BCUT2D eigenvalue weighted by molar-refractivity contribution is -0.140. The van der Waals surface area contributed by atoms with Crippen LogP contribution in [0.3, 0.4) is 0 Å². The molecule has 2 aromatic carbocycles. The minimum atomic E-state index is -1.23. The molecule has 1 fully saturated rings. The molecule has 9 nitrogen and oxygen atoms in total. The maximum absolute atomic E-state index is 13.8. The Morgan fingerprint density at radius 2 is 1.66 bits per heavy atom. The minimum Gasteiger partial charge on any atom is -0.449 e. The number of benzene rings is 2. The van der Waals surface area contributed by atoms with Gasteiger partial charge in [0.25, 0.3) is 0 Å². The summed E-state index contributed by atoms with van der Waals surface area (Å²) in [5.74, 6) is -1.32. The number of carbonyl (C=O) groups excluding carboxylic acids is 4. The zero-order chi connectivity index (χ0) is 29.7. The van der Waals surface area contributed by atoms with Gasteiger partial charge in [-0.15, -0.1) is 6.58 Å². The second kappa shape index (κ2) is 12.7. The van der Waals surface area contributed by atoms with Gasteiger partial charge in [-0.25, -0.2) is 4.79 Å². The highest BCUT2D eigenvalue weighted by molar-refractivity contribution is 5.94. The molecule has 41 heavy (non-hydrogen) atoms. The normalized spacial score (nSPS) is 18.7. The summed E-state index contributed by atoms with van der Waals surface area (Å²) in [6.45, 7) is 11.2. The van der Waals surface area contributed by atoms with Gasteiger partial charge < -0.3 is 25.0 Å². The van der Waals surface area contributed by atoms with E-state index in [2.05, 4.69) is 17.2 Å². The fourth-order valence-corrected chi connectivity index (χ4v) is 5.64. The van der Waals surface area contributed by atoms with Gasteiger partial charge in [-0.1, -0.05) is 54.6 Å². The summed E-state index contributed by atoms with van der Waals surface area (Å²) in [6.07, 6.45) is 0.385. The third kappa shape index (κ3) is 7.21. The van der Waals surface area contributed by atoms with Crippen LogP contribution in [-0.2, 0) is 23.9 Å². The molecule has 0 bridgehead atoms. The maximum Gasteiger partial charge on any atom is 0.407 e. The predicted octanol–water partition coefficient (Wildman–Crippen LogP) is 3.96. The van der Waals surface area contributed by atoms with Crippen LogP contribution in [0.5, 0.6) is 0 Å². The Kier molecular flexibility index (Phi) is 9.28. The van der Waals surface area contributed by atoms with Crippen molar-refractivity contribution in [1.82, 2.24) is 15.5 Å². The Morgan fingerprint density at radius 1 is 1.05 bits per heavy atom. The number of carbonyl (C=O) groups is 4. The molecular weight excluding hydrogens is 522 g/mol. The molecule has 0 saturated carbocycles. The Morgan fingerprint density at radius 3 is 2.22 bits per heavy atom. The molecule has 1 aliphatic heterocycles. The number of hydrogen-bond acceptors (Lipinski definition) is 6. The second-order valence-electron chi connectivity index (χ2n) is 11.5. The fraction of sp³-hybridized carbons (Fsp3) is 0.438. The number of Topliss-reactive ketones (excluding diaryl/α,β-unsaturated/α-hetero) is 1. The molecule has 0 radical (unpaired) electrons. The third-order valence-corrected chi connectivity index (χ3v) is 7.30. The third-order valence-electron chi connectivity index (χ3n) is 7.30. The van der Waals surface area contributed by atoms with E-state index in [0.717, 1.165) is 22.3 Å². The highest BCUT2D eigenvalue weighted by Crippen LogP contribution is 2.44. The van der Waals surface area contributed by atoms with E-state index in [9.17, 15) is 19.2 Å². The van der Waals surface area contributed by atoms with Crippen LogP contribution in [0.25, 0.3) is 11.1 Å². The molecule has 0 spiro atoms. The summed E-state index contributed by atoms with van der Waals surface area (Å²) in [6, 6.07) is 14.0. The minimum absolute atomic E-state index is 0.0602. The molecule has 0 unspecified atom stereocenters. The van der Waals surface area contributed by atoms with E-state index in [1.807, 2.05) is 69.3 Å². The standard InChI is InChI=1S/C32H39N3O6/c1-6-15-33-29(37)17-27(30(38)35-18-21(41-32(3,4)5)16-28(35)20(2)36)34-31(39)40-19-26-24-13-9-7-11-22(24)23-12-8-10-14-25(23)26/h6-14,21,26-28H,1,15-19H2,2-5H3,(H,33,37)(H,34,39)/t21-,27+,28-/m0/s1. The lowest BCUT2D eigenvalue weighted by atomic mass is 9.98. The van der Waals surface area contributed by atoms with Crippen LogP contribution >= 0.6 is 0 Å². The summed E-state index contributed by atoms with van der Waals surface area (Å²) < 4.78 is 11.7. The van der Waals surface area contributed by atoms with Gasteiger partial charge in [0, 0.05) is 25.4 Å². The van der Waals surface area contributed by atoms with Gasteiger partial charge in [0.15, 0.2) is 5.78 Å². The number of alkyl carbamates (subject to hydrolysis) is 1. The fourth-order valence-electron chi connectivity index (χ4n) is 5.64. The van der Waals surface area contributed by atoms with E-state index >= 15 is 0 Å². The van der Waals surface area contributed by atoms with Crippen LogP contribution in [-0.4, -0.2) is 72.1 Å². The van der Waals surface area contributed by atoms with Crippen LogP contribution in [0.2, 0.25) is 0 Å². The molecule has 2 N–H and O–H groups in total. The van der Waals surface area contributed by atoms with Crippen LogP contribution in [0, 0.1) is 0 Å². The molecule has 0 aromatic heterocycles. The molecule has 3 amide bonds. The number of ketones is 1. The van der Waals surface area contributed by atoms with Gasteiger partial charge in [0.1, 0.15) is 12.6 Å². The van der Waals surface area contributed by atoms with E-state index in [1.165, 1.54) is 17.9 Å². The van der Waals surface area contributed by atoms with Gasteiger partial charge in [0.2, 0.25) is 11.8 Å². The monoisotopic (exact) mass is 561 g/mol. The van der Waals surface area contributed by atoms with Crippen molar-refractivity contribution in [3.8, 4) is 11.1 Å². The maximum atomic E-state index is 13.8. The zero-order valence-electron chi connectivity index (χ0n) is 24.1. The Balaban J connectivity index is 1.49. The van der Waals surface area contributed by atoms with Gasteiger partial charge in [0.05, 0.1) is 24.2 Å². The average Bonchev–Trinajstić information content (AvgIpc) is 3.48. The van der Waals surface area contributed by atoms with Crippen molar-refractivity contribution < 1.29 is 28.7 Å². The largest absolute Gasteiger partial charge is 0.449 e. The van der Waals surface area contributed by atoms with Crippen LogP contribution < -0.4 is 10.6 Å². The summed E-state index contributed by atoms with van der Waals surface area (Å²) in [7, 11) is 0. The van der Waals surface area contributed by atoms with E-state index < -0.39 is 35.6 Å². The Hall–Kier alpha value is -3.98. The van der Waals surface area contributed by atoms with Crippen molar-refractivity contribution in [3.63, 3.8) is 0 Å². The first kappa shape index (κ1) is 30.0. The van der Waals surface area contributed by atoms with E-state index in [-0.39, 0.29) is 43.9 Å². The summed E-state index contributed by atoms with van der Waals surface area (Å²) in [5, 5.41) is 5.25. The van der Waals surface area contributed by atoms with Crippen molar-refractivity contribution in [1.29, 1.82) is 0 Å². The van der Waals surface area contributed by atoms with E-state index in [1.54, 1.807) is 0 Å². The Bertz CT molecular complexity index is 1270. The van der Waals surface area contributed by atoms with Crippen LogP contribution in [0.4, 0.5) is 4.79 Å². The first-order valence-electron chi connectivity index (χ1n) is 14.0. The van der Waals surface area contributed by atoms with Gasteiger partial charge in [-0.2, -0.15) is 0 Å². The summed E-state index contributed by atoms with van der Waals surface area (Å²) in [5.41, 5.74) is 3.85. The van der Waals surface area contributed by atoms with Gasteiger partial charge in [-0.05, 0) is 49.9 Å². The summed E-state index contributed by atoms with van der Waals surface area (Å²) in [4.78, 5) is 53.3. The summed E-state index contributed by atoms with van der Waals surface area (Å²) >= 11 is 0. The molecule has 4 rings (SSSR count).